The van der Waals surface area contributed by atoms with Gasteiger partial charge in [0.2, 0.25) is 5.91 Å². The number of likely N-dealkylation sites (tertiary alicyclic amines) is 2. The molecule has 2 aromatic heterocycles. The number of hydrogen-bond donors (Lipinski definition) is 0. The van der Waals surface area contributed by atoms with Gasteiger partial charge in [-0.05, 0) is 38.3 Å². The predicted molar refractivity (Wildman–Crippen MR) is 116 cm³/mol. The second-order valence-electron chi connectivity index (χ2n) is 9.24. The second kappa shape index (κ2) is 7.15. The number of piperidine rings is 1. The van der Waals surface area contributed by atoms with E-state index in [1.807, 2.05) is 19.1 Å². The van der Waals surface area contributed by atoms with Crippen LogP contribution in [-0.2, 0) is 4.79 Å². The smallest absolute Gasteiger partial charge is 0.266 e. The van der Waals surface area contributed by atoms with Crippen molar-refractivity contribution in [3.05, 3.63) is 35.1 Å². The van der Waals surface area contributed by atoms with E-state index in [-0.39, 0.29) is 35.4 Å². The molecule has 2 amide bonds. The number of nitrogens with zero attached hydrogens (tertiary/aromatic N) is 4. The molecule has 158 valence electrons. The lowest BCUT2D eigenvalue weighted by Gasteiger charge is -2.46. The van der Waals surface area contributed by atoms with Crippen molar-refractivity contribution in [2.24, 2.45) is 5.41 Å². The Kier molecular flexibility index (Phi) is 4.69. The first-order chi connectivity index (χ1) is 14.4. The zero-order chi connectivity index (χ0) is 21.0. The van der Waals surface area contributed by atoms with E-state index in [1.54, 1.807) is 19.3 Å². The minimum absolute atomic E-state index is 0.0223. The molecular weight excluding hydrogens is 396 g/mol. The Bertz CT molecular complexity index is 990. The Morgan fingerprint density at radius 2 is 2.00 bits per heavy atom. The van der Waals surface area contributed by atoms with Crippen molar-refractivity contribution >= 4 is 23.2 Å². The summed E-state index contributed by atoms with van der Waals surface area (Å²) >= 11 is 1.46. The van der Waals surface area contributed by atoms with Gasteiger partial charge < -0.3 is 9.80 Å². The molecule has 2 aliphatic heterocycles. The van der Waals surface area contributed by atoms with Crippen molar-refractivity contribution in [1.29, 1.82) is 0 Å². The first-order valence-electron chi connectivity index (χ1n) is 10.9. The predicted octanol–water partition coefficient (Wildman–Crippen LogP) is 3.91. The number of aryl methyl sites for hydroxylation is 1. The molecular formula is C23H28N4O2S. The molecule has 4 heterocycles. The van der Waals surface area contributed by atoms with Crippen LogP contribution in [0, 0.1) is 12.3 Å². The van der Waals surface area contributed by atoms with E-state index in [9.17, 15) is 9.59 Å². The molecule has 4 atom stereocenters. The molecule has 0 radical (unpaired) electrons. The van der Waals surface area contributed by atoms with E-state index in [1.165, 1.54) is 11.3 Å². The summed E-state index contributed by atoms with van der Waals surface area (Å²) in [6.45, 7) is 6.55. The largest absolute Gasteiger partial charge is 0.335 e. The van der Waals surface area contributed by atoms with Gasteiger partial charge in [0.1, 0.15) is 9.88 Å². The van der Waals surface area contributed by atoms with Gasteiger partial charge in [-0.1, -0.05) is 19.8 Å². The van der Waals surface area contributed by atoms with Crippen LogP contribution in [0.15, 0.2) is 24.5 Å². The van der Waals surface area contributed by atoms with Crippen LogP contribution in [0.25, 0.3) is 10.6 Å². The van der Waals surface area contributed by atoms with Crippen LogP contribution in [0.5, 0.6) is 0 Å². The van der Waals surface area contributed by atoms with Crippen LogP contribution < -0.4 is 0 Å². The topological polar surface area (TPSA) is 66.4 Å². The summed E-state index contributed by atoms with van der Waals surface area (Å²) in [6, 6.07) is 4.42. The highest BCUT2D eigenvalue weighted by Gasteiger charge is 2.60. The third-order valence-electron chi connectivity index (χ3n) is 7.44. The molecule has 1 aliphatic carbocycles. The third kappa shape index (κ3) is 2.89. The summed E-state index contributed by atoms with van der Waals surface area (Å²) < 4.78 is 0. The van der Waals surface area contributed by atoms with E-state index in [4.69, 9.17) is 0 Å². The number of pyridine rings is 1. The minimum Gasteiger partial charge on any atom is -0.335 e. The average molecular weight is 425 g/mol. The first kappa shape index (κ1) is 19.7. The van der Waals surface area contributed by atoms with Gasteiger partial charge in [-0.2, -0.15) is 0 Å². The summed E-state index contributed by atoms with van der Waals surface area (Å²) in [7, 11) is 0. The van der Waals surface area contributed by atoms with E-state index >= 15 is 0 Å². The number of rotatable bonds is 2. The number of aromatic nitrogens is 2. The van der Waals surface area contributed by atoms with Gasteiger partial charge >= 0.3 is 0 Å². The van der Waals surface area contributed by atoms with Crippen molar-refractivity contribution in [2.45, 2.75) is 71.0 Å². The Morgan fingerprint density at radius 3 is 2.70 bits per heavy atom. The summed E-state index contributed by atoms with van der Waals surface area (Å²) in [4.78, 5) is 40.1. The number of hydrogen-bond acceptors (Lipinski definition) is 5. The number of carbonyl (C=O) groups is 2. The molecule has 0 aromatic carbocycles. The molecule has 5 rings (SSSR count). The van der Waals surface area contributed by atoms with Crippen molar-refractivity contribution in [3.63, 3.8) is 0 Å². The molecule has 7 heteroatoms. The van der Waals surface area contributed by atoms with Crippen LogP contribution in [0.4, 0.5) is 0 Å². The molecule has 6 nitrogen and oxygen atoms in total. The number of thiazole rings is 1. The van der Waals surface area contributed by atoms with Gasteiger partial charge in [-0.15, -0.1) is 11.3 Å². The van der Waals surface area contributed by atoms with Crippen molar-refractivity contribution in [3.8, 4) is 10.6 Å². The Hall–Kier alpha value is -2.28. The van der Waals surface area contributed by atoms with Gasteiger partial charge in [0.15, 0.2) is 0 Å². The maximum absolute atomic E-state index is 13.8. The Labute approximate surface area is 181 Å². The fourth-order valence-corrected chi connectivity index (χ4v) is 7.22. The fraction of sp³-hybridized carbons (Fsp3) is 0.565. The number of amides is 2. The quantitative estimate of drug-likeness (QED) is 0.733. The van der Waals surface area contributed by atoms with Crippen molar-refractivity contribution < 1.29 is 9.59 Å². The molecule has 2 aromatic rings. The zero-order valence-electron chi connectivity index (χ0n) is 17.8. The standard InChI is InChI=1S/C23H28N4O2S/c1-14-20(30-21(25-14)16-7-6-10-24-12-16)22(29)26-13-17-11-23(3)18(26)8-4-5-9-19(23)27(17)15(2)28/h6-7,10,12,17-19H,4-5,8-9,11,13H2,1-3H3/t17-,18+,19-,23+/m0/s1. The lowest BCUT2D eigenvalue weighted by molar-refractivity contribution is -0.132. The molecule has 0 spiro atoms. The highest BCUT2D eigenvalue weighted by Crippen LogP contribution is 2.53. The average Bonchev–Trinajstić information content (AvgIpc) is 3.16. The highest BCUT2D eigenvalue weighted by atomic mass is 32.1. The lowest BCUT2D eigenvalue weighted by atomic mass is 9.71. The van der Waals surface area contributed by atoms with E-state index in [0.29, 0.717) is 11.4 Å². The molecule has 2 bridgehead atoms. The third-order valence-corrected chi connectivity index (χ3v) is 8.63. The fourth-order valence-electron chi connectivity index (χ4n) is 6.20. The molecule has 30 heavy (non-hydrogen) atoms. The Balaban J connectivity index is 1.51. The van der Waals surface area contributed by atoms with Crippen LogP contribution in [0.1, 0.15) is 61.3 Å². The van der Waals surface area contributed by atoms with Gasteiger partial charge in [0.05, 0.1) is 11.7 Å². The molecule has 3 aliphatic rings. The van der Waals surface area contributed by atoms with E-state index in [2.05, 4.69) is 26.7 Å². The summed E-state index contributed by atoms with van der Waals surface area (Å²) in [6.07, 6.45) is 8.84. The van der Waals surface area contributed by atoms with Gasteiger partial charge in [-0.3, -0.25) is 14.6 Å². The normalized spacial score (nSPS) is 30.3. The lowest BCUT2D eigenvalue weighted by Crippen LogP contribution is -2.55. The monoisotopic (exact) mass is 424 g/mol. The van der Waals surface area contributed by atoms with E-state index < -0.39 is 0 Å². The van der Waals surface area contributed by atoms with Gasteiger partial charge in [-0.25, -0.2) is 4.98 Å². The first-order valence-corrected chi connectivity index (χ1v) is 11.7. The van der Waals surface area contributed by atoms with E-state index in [0.717, 1.165) is 48.4 Å². The highest BCUT2D eigenvalue weighted by molar-refractivity contribution is 7.17. The van der Waals surface area contributed by atoms with Crippen LogP contribution in [-0.4, -0.2) is 56.3 Å². The maximum Gasteiger partial charge on any atom is 0.266 e. The zero-order valence-corrected chi connectivity index (χ0v) is 18.6. The number of carbonyl (C=O) groups excluding carboxylic acids is 2. The van der Waals surface area contributed by atoms with Crippen LogP contribution in [0.2, 0.25) is 0 Å². The SMILES string of the molecule is CC(=O)N1[C@@H]2CN(C(=O)c3sc(-c4cccnc4)nc3C)[C@@H]3CCCC[C@H]1[C@]3(C)C2. The summed E-state index contributed by atoms with van der Waals surface area (Å²) in [5.41, 5.74) is 1.69. The van der Waals surface area contributed by atoms with Gasteiger partial charge in [0, 0.05) is 48.9 Å². The number of fused-ring (bicyclic) bond motifs is 1. The Morgan fingerprint density at radius 1 is 1.23 bits per heavy atom. The maximum atomic E-state index is 13.8. The summed E-state index contributed by atoms with van der Waals surface area (Å²) in [5.74, 6) is 0.226. The second-order valence-corrected chi connectivity index (χ2v) is 10.2. The van der Waals surface area contributed by atoms with Crippen molar-refractivity contribution in [2.75, 3.05) is 6.54 Å². The van der Waals surface area contributed by atoms with Crippen LogP contribution >= 0.6 is 11.3 Å². The molecule has 3 fully saturated rings. The molecule has 2 saturated heterocycles. The van der Waals surface area contributed by atoms with Gasteiger partial charge in [0.25, 0.3) is 5.91 Å². The molecule has 0 unspecified atom stereocenters. The summed E-state index contributed by atoms with van der Waals surface area (Å²) in [5, 5.41) is 0.833. The minimum atomic E-state index is -0.0223. The van der Waals surface area contributed by atoms with Crippen LogP contribution in [0.3, 0.4) is 0 Å². The molecule has 0 N–H and O–H groups in total. The van der Waals surface area contributed by atoms with Crippen molar-refractivity contribution in [1.82, 2.24) is 19.8 Å². The molecule has 1 saturated carbocycles.